The van der Waals surface area contributed by atoms with Gasteiger partial charge in [-0.3, -0.25) is 4.99 Å². The van der Waals surface area contributed by atoms with Crippen LogP contribution >= 0.6 is 0 Å². The topological polar surface area (TPSA) is 71.7 Å². The quantitative estimate of drug-likeness (QED) is 0.458. The van der Waals surface area contributed by atoms with Crippen LogP contribution in [0.1, 0.15) is 43.7 Å². The SMILES string of the molecule is CCc1noc(CC)c1CNC(=NC)NCCC1=CCOCC1. The van der Waals surface area contributed by atoms with Crippen molar-refractivity contribution in [2.24, 2.45) is 4.99 Å². The van der Waals surface area contributed by atoms with E-state index in [-0.39, 0.29) is 0 Å². The van der Waals surface area contributed by atoms with Gasteiger partial charge in [-0.25, -0.2) is 0 Å². The minimum atomic E-state index is 0.687. The first-order chi connectivity index (χ1) is 11.3. The van der Waals surface area contributed by atoms with Crippen LogP contribution in [0.25, 0.3) is 0 Å². The van der Waals surface area contributed by atoms with E-state index in [0.717, 1.165) is 68.4 Å². The summed E-state index contributed by atoms with van der Waals surface area (Å²) in [7, 11) is 1.79. The molecule has 0 fully saturated rings. The van der Waals surface area contributed by atoms with Crippen molar-refractivity contribution in [3.05, 3.63) is 28.7 Å². The molecule has 2 rings (SSSR count). The van der Waals surface area contributed by atoms with E-state index >= 15 is 0 Å². The number of aryl methyl sites for hydroxylation is 2. The zero-order valence-electron chi connectivity index (χ0n) is 14.4. The molecule has 0 saturated carbocycles. The Morgan fingerprint density at radius 2 is 2.17 bits per heavy atom. The Kier molecular flexibility index (Phi) is 7.13. The Hall–Kier alpha value is -1.82. The van der Waals surface area contributed by atoms with Gasteiger partial charge in [-0.15, -0.1) is 0 Å². The number of aliphatic imine (C=N–C) groups is 1. The summed E-state index contributed by atoms with van der Waals surface area (Å²) in [6.07, 6.45) is 5.97. The molecule has 0 atom stereocenters. The highest BCUT2D eigenvalue weighted by atomic mass is 16.5. The van der Waals surface area contributed by atoms with Crippen molar-refractivity contribution in [1.82, 2.24) is 15.8 Å². The number of ether oxygens (including phenoxy) is 1. The summed E-state index contributed by atoms with van der Waals surface area (Å²) in [5.41, 5.74) is 3.64. The molecule has 128 valence electrons. The summed E-state index contributed by atoms with van der Waals surface area (Å²) in [4.78, 5) is 4.28. The minimum absolute atomic E-state index is 0.687. The largest absolute Gasteiger partial charge is 0.377 e. The zero-order valence-corrected chi connectivity index (χ0v) is 14.4. The zero-order chi connectivity index (χ0) is 16.5. The van der Waals surface area contributed by atoms with Crippen LogP contribution in [0.2, 0.25) is 0 Å². The lowest BCUT2D eigenvalue weighted by Gasteiger charge is -2.15. The molecule has 1 aliphatic rings. The number of rotatable bonds is 7. The summed E-state index contributed by atoms with van der Waals surface area (Å²) >= 11 is 0. The van der Waals surface area contributed by atoms with Crippen LogP contribution in [-0.4, -0.2) is 37.9 Å². The number of hydrogen-bond donors (Lipinski definition) is 2. The Morgan fingerprint density at radius 3 is 2.83 bits per heavy atom. The second-order valence-electron chi connectivity index (χ2n) is 5.53. The van der Waals surface area contributed by atoms with E-state index in [1.54, 1.807) is 7.05 Å². The monoisotopic (exact) mass is 320 g/mol. The molecule has 0 spiro atoms. The third-order valence-corrected chi connectivity index (χ3v) is 4.06. The highest BCUT2D eigenvalue weighted by Gasteiger charge is 2.13. The van der Waals surface area contributed by atoms with Gasteiger partial charge in [0.2, 0.25) is 0 Å². The number of nitrogens with one attached hydrogen (secondary N) is 2. The van der Waals surface area contributed by atoms with Crippen molar-refractivity contribution in [3.8, 4) is 0 Å². The molecule has 0 amide bonds. The van der Waals surface area contributed by atoms with E-state index in [4.69, 9.17) is 9.26 Å². The third kappa shape index (κ3) is 5.10. The molecule has 0 radical (unpaired) electrons. The molecule has 0 saturated heterocycles. The van der Waals surface area contributed by atoms with E-state index in [2.05, 4.69) is 40.7 Å². The van der Waals surface area contributed by atoms with Crippen LogP contribution in [0.3, 0.4) is 0 Å². The fourth-order valence-electron chi connectivity index (χ4n) is 2.66. The van der Waals surface area contributed by atoms with Gasteiger partial charge in [-0.05, 0) is 19.3 Å². The smallest absolute Gasteiger partial charge is 0.191 e. The first-order valence-electron chi connectivity index (χ1n) is 8.44. The van der Waals surface area contributed by atoms with Crippen molar-refractivity contribution < 1.29 is 9.26 Å². The van der Waals surface area contributed by atoms with Gasteiger partial charge < -0.3 is 19.9 Å². The average Bonchev–Trinajstić information content (AvgIpc) is 3.00. The molecule has 6 heteroatoms. The van der Waals surface area contributed by atoms with E-state index in [1.807, 2.05) is 0 Å². The van der Waals surface area contributed by atoms with E-state index in [1.165, 1.54) is 5.57 Å². The molecular weight excluding hydrogens is 292 g/mol. The Balaban J connectivity index is 1.81. The predicted octanol–water partition coefficient (Wildman–Crippen LogP) is 2.20. The number of nitrogens with zero attached hydrogens (tertiary/aromatic N) is 2. The van der Waals surface area contributed by atoms with Crippen molar-refractivity contribution >= 4 is 5.96 Å². The van der Waals surface area contributed by atoms with Gasteiger partial charge in [0.25, 0.3) is 0 Å². The molecule has 1 aromatic heterocycles. The van der Waals surface area contributed by atoms with Gasteiger partial charge in [0, 0.05) is 32.1 Å². The number of guanidine groups is 1. The fraction of sp³-hybridized carbons (Fsp3) is 0.647. The maximum atomic E-state index is 5.39. The maximum absolute atomic E-state index is 5.39. The molecular formula is C17H28N4O2. The van der Waals surface area contributed by atoms with E-state index in [9.17, 15) is 0 Å². The van der Waals surface area contributed by atoms with Gasteiger partial charge >= 0.3 is 0 Å². The summed E-state index contributed by atoms with van der Waals surface area (Å²) in [5.74, 6) is 1.76. The maximum Gasteiger partial charge on any atom is 0.191 e. The van der Waals surface area contributed by atoms with E-state index < -0.39 is 0 Å². The molecule has 0 aliphatic carbocycles. The highest BCUT2D eigenvalue weighted by Crippen LogP contribution is 2.15. The molecule has 0 aromatic carbocycles. The van der Waals surface area contributed by atoms with E-state index in [0.29, 0.717) is 6.54 Å². The highest BCUT2D eigenvalue weighted by molar-refractivity contribution is 5.79. The second kappa shape index (κ2) is 9.35. The second-order valence-corrected chi connectivity index (χ2v) is 5.53. The third-order valence-electron chi connectivity index (χ3n) is 4.06. The summed E-state index contributed by atoms with van der Waals surface area (Å²) in [6, 6.07) is 0. The van der Waals surface area contributed by atoms with Crippen LogP contribution in [0, 0.1) is 0 Å². The molecule has 1 aliphatic heterocycles. The van der Waals surface area contributed by atoms with Crippen molar-refractivity contribution in [2.75, 3.05) is 26.8 Å². The van der Waals surface area contributed by atoms with Crippen LogP contribution in [0.15, 0.2) is 21.2 Å². The first kappa shape index (κ1) is 17.5. The lowest BCUT2D eigenvalue weighted by Crippen LogP contribution is -2.37. The number of hydrogen-bond acceptors (Lipinski definition) is 4. The summed E-state index contributed by atoms with van der Waals surface area (Å²) in [6.45, 7) is 7.32. The first-order valence-corrected chi connectivity index (χ1v) is 8.44. The van der Waals surface area contributed by atoms with Gasteiger partial charge in [0.1, 0.15) is 5.76 Å². The number of aromatic nitrogens is 1. The van der Waals surface area contributed by atoms with Crippen molar-refractivity contribution in [3.63, 3.8) is 0 Å². The molecule has 6 nitrogen and oxygen atoms in total. The molecule has 0 bridgehead atoms. The molecule has 2 N–H and O–H groups in total. The molecule has 23 heavy (non-hydrogen) atoms. The minimum Gasteiger partial charge on any atom is -0.377 e. The van der Waals surface area contributed by atoms with Gasteiger partial charge in [-0.2, -0.15) is 0 Å². The van der Waals surface area contributed by atoms with Crippen LogP contribution in [0.4, 0.5) is 0 Å². The van der Waals surface area contributed by atoms with Crippen molar-refractivity contribution in [2.45, 2.75) is 46.1 Å². The normalized spacial score (nSPS) is 15.4. The standard InChI is InChI=1S/C17H28N4O2/c1-4-15-14(16(5-2)23-21-15)12-20-17(18-3)19-9-6-13-7-10-22-11-8-13/h7H,4-6,8-12H2,1-3H3,(H2,18,19,20). The van der Waals surface area contributed by atoms with Crippen LogP contribution in [0.5, 0.6) is 0 Å². The Labute approximate surface area is 138 Å². The van der Waals surface area contributed by atoms with Gasteiger partial charge in [-0.1, -0.05) is 30.7 Å². The molecule has 2 heterocycles. The fourth-order valence-corrected chi connectivity index (χ4v) is 2.66. The predicted molar refractivity (Wildman–Crippen MR) is 91.6 cm³/mol. The van der Waals surface area contributed by atoms with Crippen LogP contribution < -0.4 is 10.6 Å². The van der Waals surface area contributed by atoms with Crippen molar-refractivity contribution in [1.29, 1.82) is 0 Å². The summed E-state index contributed by atoms with van der Waals surface area (Å²) in [5, 5.41) is 10.9. The van der Waals surface area contributed by atoms with Crippen LogP contribution in [-0.2, 0) is 24.1 Å². The lowest BCUT2D eigenvalue weighted by molar-refractivity contribution is 0.153. The lowest BCUT2D eigenvalue weighted by atomic mass is 10.1. The summed E-state index contributed by atoms with van der Waals surface area (Å²) < 4.78 is 10.7. The average molecular weight is 320 g/mol. The molecule has 0 unspecified atom stereocenters. The molecule has 1 aromatic rings. The van der Waals surface area contributed by atoms with Gasteiger partial charge in [0.15, 0.2) is 5.96 Å². The Bertz CT molecular complexity index is 527. The Morgan fingerprint density at radius 1 is 1.30 bits per heavy atom. The van der Waals surface area contributed by atoms with Gasteiger partial charge in [0.05, 0.1) is 18.9 Å².